The zero-order valence-corrected chi connectivity index (χ0v) is 8.58. The standard InChI is InChI=1S/C9H13ClN2O/c1-3-6-4-7(6)9-12-11-8(13-9)5(2)10/h5-7H,3-4H2,1-2H3/t5?,6-,7-/m1/s1. The molecular formula is C9H13ClN2O. The first-order chi connectivity index (χ1) is 6.22. The van der Waals surface area contributed by atoms with Gasteiger partial charge in [0.15, 0.2) is 0 Å². The Kier molecular flexibility index (Phi) is 2.28. The topological polar surface area (TPSA) is 38.9 Å². The smallest absolute Gasteiger partial charge is 0.234 e. The summed E-state index contributed by atoms with van der Waals surface area (Å²) >= 11 is 5.82. The lowest BCUT2D eigenvalue weighted by molar-refractivity contribution is 0.444. The summed E-state index contributed by atoms with van der Waals surface area (Å²) in [6.45, 7) is 4.02. The average molecular weight is 201 g/mol. The second kappa shape index (κ2) is 3.29. The van der Waals surface area contributed by atoms with Crippen molar-refractivity contribution in [3.05, 3.63) is 11.8 Å². The molecule has 0 amide bonds. The number of rotatable bonds is 3. The molecule has 1 aliphatic carbocycles. The van der Waals surface area contributed by atoms with E-state index in [4.69, 9.17) is 16.0 Å². The minimum absolute atomic E-state index is 0.180. The van der Waals surface area contributed by atoms with Crippen LogP contribution in [0.3, 0.4) is 0 Å². The van der Waals surface area contributed by atoms with E-state index in [2.05, 4.69) is 17.1 Å². The molecule has 2 rings (SSSR count). The third kappa shape index (κ3) is 1.70. The van der Waals surface area contributed by atoms with E-state index in [9.17, 15) is 0 Å². The Morgan fingerprint density at radius 2 is 2.38 bits per heavy atom. The minimum Gasteiger partial charge on any atom is -0.423 e. The van der Waals surface area contributed by atoms with Crippen LogP contribution in [0.4, 0.5) is 0 Å². The molecule has 0 bridgehead atoms. The van der Waals surface area contributed by atoms with E-state index in [1.807, 2.05) is 6.92 Å². The first kappa shape index (κ1) is 9.00. The lowest BCUT2D eigenvalue weighted by Crippen LogP contribution is -1.82. The Labute approximate surface area is 82.5 Å². The number of aromatic nitrogens is 2. The zero-order chi connectivity index (χ0) is 9.42. The van der Waals surface area contributed by atoms with Crippen molar-refractivity contribution in [2.75, 3.05) is 0 Å². The minimum atomic E-state index is -0.180. The third-order valence-corrected chi connectivity index (χ3v) is 2.75. The molecule has 0 spiro atoms. The number of nitrogens with zero attached hydrogens (tertiary/aromatic N) is 2. The van der Waals surface area contributed by atoms with Crippen molar-refractivity contribution < 1.29 is 4.42 Å². The Morgan fingerprint density at radius 3 is 2.85 bits per heavy atom. The van der Waals surface area contributed by atoms with Gasteiger partial charge in [0.2, 0.25) is 11.8 Å². The van der Waals surface area contributed by atoms with Crippen LogP contribution in [0, 0.1) is 5.92 Å². The lowest BCUT2D eigenvalue weighted by atomic mass is 10.2. The SMILES string of the molecule is CC[C@@H]1C[C@H]1c1nnc(C(C)Cl)o1. The number of alkyl halides is 1. The van der Waals surface area contributed by atoms with E-state index in [1.54, 1.807) is 0 Å². The van der Waals surface area contributed by atoms with Crippen LogP contribution in [-0.2, 0) is 0 Å². The highest BCUT2D eigenvalue weighted by molar-refractivity contribution is 6.20. The van der Waals surface area contributed by atoms with Crippen molar-refractivity contribution in [3.63, 3.8) is 0 Å². The molecule has 1 heterocycles. The van der Waals surface area contributed by atoms with Gasteiger partial charge < -0.3 is 4.42 Å². The van der Waals surface area contributed by atoms with Crippen molar-refractivity contribution in [1.82, 2.24) is 10.2 Å². The maximum atomic E-state index is 5.82. The van der Waals surface area contributed by atoms with Crippen LogP contribution in [-0.4, -0.2) is 10.2 Å². The first-order valence-corrected chi connectivity index (χ1v) is 5.13. The summed E-state index contributed by atoms with van der Waals surface area (Å²) in [5, 5.41) is 7.71. The highest BCUT2D eigenvalue weighted by Crippen LogP contribution is 2.48. The molecule has 3 nitrogen and oxygen atoms in total. The number of hydrogen-bond acceptors (Lipinski definition) is 3. The summed E-state index contributed by atoms with van der Waals surface area (Å²) in [6.07, 6.45) is 2.38. The predicted octanol–water partition coefficient (Wildman–Crippen LogP) is 2.88. The molecule has 1 aromatic rings. The molecule has 1 unspecified atom stereocenters. The maximum absolute atomic E-state index is 5.82. The monoisotopic (exact) mass is 200 g/mol. The largest absolute Gasteiger partial charge is 0.423 e. The molecule has 1 saturated carbocycles. The van der Waals surface area contributed by atoms with E-state index in [0.717, 1.165) is 11.8 Å². The molecule has 0 aliphatic heterocycles. The van der Waals surface area contributed by atoms with Crippen LogP contribution in [0.15, 0.2) is 4.42 Å². The molecule has 1 aliphatic rings. The second-order valence-corrected chi connectivity index (χ2v) is 4.26. The van der Waals surface area contributed by atoms with Crippen molar-refractivity contribution >= 4 is 11.6 Å². The fourth-order valence-electron chi connectivity index (χ4n) is 1.56. The van der Waals surface area contributed by atoms with Gasteiger partial charge >= 0.3 is 0 Å². The van der Waals surface area contributed by atoms with Crippen LogP contribution >= 0.6 is 11.6 Å². The summed E-state index contributed by atoms with van der Waals surface area (Å²) in [5.74, 6) is 2.56. The highest BCUT2D eigenvalue weighted by Gasteiger charge is 2.41. The second-order valence-electron chi connectivity index (χ2n) is 3.61. The van der Waals surface area contributed by atoms with Gasteiger partial charge in [-0.3, -0.25) is 0 Å². The molecule has 1 fully saturated rings. The summed E-state index contributed by atoms with van der Waals surface area (Å²) in [4.78, 5) is 0. The molecule has 4 heteroatoms. The van der Waals surface area contributed by atoms with E-state index >= 15 is 0 Å². The van der Waals surface area contributed by atoms with Crippen molar-refractivity contribution in [2.24, 2.45) is 5.92 Å². The van der Waals surface area contributed by atoms with Gasteiger partial charge in [-0.05, 0) is 19.3 Å². The van der Waals surface area contributed by atoms with Gasteiger partial charge in [0.1, 0.15) is 5.38 Å². The molecule has 0 saturated heterocycles. The Morgan fingerprint density at radius 1 is 1.62 bits per heavy atom. The fourth-order valence-corrected chi connectivity index (χ4v) is 1.65. The molecule has 0 N–H and O–H groups in total. The van der Waals surface area contributed by atoms with E-state index in [0.29, 0.717) is 11.8 Å². The molecule has 3 atom stereocenters. The lowest BCUT2D eigenvalue weighted by Gasteiger charge is -1.92. The van der Waals surface area contributed by atoms with Crippen LogP contribution < -0.4 is 0 Å². The number of hydrogen-bond donors (Lipinski definition) is 0. The number of halogens is 1. The maximum Gasteiger partial charge on any atom is 0.234 e. The van der Waals surface area contributed by atoms with Gasteiger partial charge in [-0.15, -0.1) is 21.8 Å². The van der Waals surface area contributed by atoms with E-state index in [1.165, 1.54) is 12.8 Å². The Hall–Kier alpha value is -0.570. The summed E-state index contributed by atoms with van der Waals surface area (Å²) in [6, 6.07) is 0. The average Bonchev–Trinajstić information content (AvgIpc) is 2.73. The zero-order valence-electron chi connectivity index (χ0n) is 7.83. The summed E-state index contributed by atoms with van der Waals surface area (Å²) < 4.78 is 5.45. The third-order valence-electron chi connectivity index (χ3n) is 2.56. The summed E-state index contributed by atoms with van der Waals surface area (Å²) in [5.41, 5.74) is 0. The van der Waals surface area contributed by atoms with Crippen LogP contribution in [0.2, 0.25) is 0 Å². The molecule has 0 radical (unpaired) electrons. The van der Waals surface area contributed by atoms with E-state index in [-0.39, 0.29) is 5.38 Å². The van der Waals surface area contributed by atoms with Crippen LogP contribution in [0.5, 0.6) is 0 Å². The predicted molar refractivity (Wildman–Crippen MR) is 49.7 cm³/mol. The first-order valence-electron chi connectivity index (χ1n) is 4.69. The van der Waals surface area contributed by atoms with Crippen LogP contribution in [0.1, 0.15) is 49.8 Å². The normalized spacial score (nSPS) is 28.8. The van der Waals surface area contributed by atoms with Crippen molar-refractivity contribution in [2.45, 2.75) is 38.0 Å². The Bertz CT molecular complexity index is 298. The Balaban J connectivity index is 2.07. The fraction of sp³-hybridized carbons (Fsp3) is 0.778. The van der Waals surface area contributed by atoms with Crippen molar-refractivity contribution in [1.29, 1.82) is 0 Å². The molecule has 72 valence electrons. The molecule has 1 aromatic heterocycles. The molecule has 0 aromatic carbocycles. The van der Waals surface area contributed by atoms with Gasteiger partial charge in [-0.25, -0.2) is 0 Å². The van der Waals surface area contributed by atoms with Gasteiger partial charge in [0.05, 0.1) is 0 Å². The van der Waals surface area contributed by atoms with Gasteiger partial charge in [-0.1, -0.05) is 13.3 Å². The van der Waals surface area contributed by atoms with Crippen molar-refractivity contribution in [3.8, 4) is 0 Å². The molecule has 13 heavy (non-hydrogen) atoms. The molecular weight excluding hydrogens is 188 g/mol. The van der Waals surface area contributed by atoms with E-state index < -0.39 is 0 Å². The summed E-state index contributed by atoms with van der Waals surface area (Å²) in [7, 11) is 0. The van der Waals surface area contributed by atoms with Crippen LogP contribution in [0.25, 0.3) is 0 Å². The quantitative estimate of drug-likeness (QED) is 0.705. The van der Waals surface area contributed by atoms with Gasteiger partial charge in [-0.2, -0.15) is 0 Å². The van der Waals surface area contributed by atoms with Gasteiger partial charge in [0.25, 0.3) is 0 Å². The highest BCUT2D eigenvalue weighted by atomic mass is 35.5. The van der Waals surface area contributed by atoms with Gasteiger partial charge in [0, 0.05) is 5.92 Å².